The summed E-state index contributed by atoms with van der Waals surface area (Å²) in [7, 11) is 0. The van der Waals surface area contributed by atoms with Gasteiger partial charge < -0.3 is 5.32 Å². The largest absolute Gasteiger partial charge is 0.355 e. The quantitative estimate of drug-likeness (QED) is 0.698. The molecule has 0 unspecified atom stereocenters. The summed E-state index contributed by atoms with van der Waals surface area (Å²) in [5.41, 5.74) is 7.57. The first-order chi connectivity index (χ1) is 12.3. The molecule has 0 saturated heterocycles. The number of thiazole rings is 1. The van der Waals surface area contributed by atoms with Crippen LogP contribution in [0.4, 0.5) is 0 Å². The van der Waals surface area contributed by atoms with Crippen molar-refractivity contribution >= 4 is 17.2 Å². The van der Waals surface area contributed by atoms with Gasteiger partial charge in [-0.2, -0.15) is 0 Å². The van der Waals surface area contributed by atoms with Crippen LogP contribution in [-0.2, 0) is 11.2 Å². The predicted octanol–water partition coefficient (Wildman–Crippen LogP) is 4.31. The molecule has 25 heavy (non-hydrogen) atoms. The number of benzene rings is 2. The summed E-state index contributed by atoms with van der Waals surface area (Å²) in [6.45, 7) is 2.73. The Morgan fingerprint density at radius 1 is 1.08 bits per heavy atom. The number of nitrogens with zero attached hydrogens (tertiary/aromatic N) is 1. The number of nitrogens with one attached hydrogen (secondary N) is 1. The number of fused-ring (bicyclic) bond motifs is 3. The maximum Gasteiger partial charge on any atom is 0.232 e. The maximum absolute atomic E-state index is 12.9. The number of hydrogen-bond acceptors (Lipinski definition) is 3. The van der Waals surface area contributed by atoms with Crippen LogP contribution in [-0.4, -0.2) is 17.4 Å². The summed E-state index contributed by atoms with van der Waals surface area (Å²) in [5.74, 6) is -0.101. The lowest BCUT2D eigenvalue weighted by Gasteiger charge is -2.14. The van der Waals surface area contributed by atoms with E-state index in [2.05, 4.69) is 34.6 Å². The third-order valence-corrected chi connectivity index (χ3v) is 5.82. The Hall–Kier alpha value is -2.46. The second kappa shape index (κ2) is 6.81. The van der Waals surface area contributed by atoms with Crippen LogP contribution in [0.2, 0.25) is 0 Å². The van der Waals surface area contributed by atoms with Crippen LogP contribution in [0.5, 0.6) is 0 Å². The highest BCUT2D eigenvalue weighted by atomic mass is 32.1. The third kappa shape index (κ3) is 2.98. The van der Waals surface area contributed by atoms with Crippen molar-refractivity contribution in [3.63, 3.8) is 0 Å². The molecule has 1 heterocycles. The molecule has 4 rings (SSSR count). The monoisotopic (exact) mass is 348 g/mol. The molecule has 0 fully saturated rings. The Morgan fingerprint density at radius 2 is 1.72 bits per heavy atom. The average Bonchev–Trinajstić information content (AvgIpc) is 3.19. The topological polar surface area (TPSA) is 42.0 Å². The first-order valence-corrected chi connectivity index (χ1v) is 9.48. The van der Waals surface area contributed by atoms with Gasteiger partial charge >= 0.3 is 0 Å². The van der Waals surface area contributed by atoms with E-state index in [9.17, 15) is 4.79 Å². The zero-order valence-corrected chi connectivity index (χ0v) is 15.0. The van der Waals surface area contributed by atoms with Gasteiger partial charge in [0.05, 0.1) is 17.1 Å². The van der Waals surface area contributed by atoms with Crippen molar-refractivity contribution in [2.45, 2.75) is 25.7 Å². The first kappa shape index (κ1) is 16.0. The standard InChI is InChI=1S/C21H20N2OS/c1-14-19(25-13-23-14)11-6-12-22-21(24)20-17-9-4-2-7-15(17)16-8-3-5-10-18(16)20/h2-5,7-10,13,20H,6,11-12H2,1H3,(H,22,24). The summed E-state index contributed by atoms with van der Waals surface area (Å²) in [4.78, 5) is 18.5. The summed E-state index contributed by atoms with van der Waals surface area (Å²) >= 11 is 1.69. The van der Waals surface area contributed by atoms with E-state index in [1.54, 1.807) is 11.3 Å². The van der Waals surface area contributed by atoms with E-state index in [-0.39, 0.29) is 11.8 Å². The molecular formula is C21H20N2OS. The fourth-order valence-corrected chi connectivity index (χ4v) is 4.39. The Bertz CT molecular complexity index is 870. The summed E-state index contributed by atoms with van der Waals surface area (Å²) in [5, 5.41) is 3.13. The minimum atomic E-state index is -0.197. The van der Waals surface area contributed by atoms with Gasteiger partial charge in [-0.25, -0.2) is 4.98 Å². The van der Waals surface area contributed by atoms with E-state index in [0.29, 0.717) is 6.54 Å². The highest BCUT2D eigenvalue weighted by Gasteiger charge is 2.32. The minimum absolute atomic E-state index is 0.0958. The molecule has 4 heteroatoms. The van der Waals surface area contributed by atoms with E-state index in [0.717, 1.165) is 29.7 Å². The van der Waals surface area contributed by atoms with Crippen molar-refractivity contribution in [3.8, 4) is 11.1 Å². The number of carbonyl (C=O) groups excluding carboxylic acids is 1. The van der Waals surface area contributed by atoms with Crippen molar-refractivity contribution in [1.29, 1.82) is 0 Å². The molecule has 1 aliphatic carbocycles. The molecule has 0 radical (unpaired) electrons. The average molecular weight is 348 g/mol. The third-order valence-electron chi connectivity index (χ3n) is 4.82. The molecule has 126 valence electrons. The van der Waals surface area contributed by atoms with Gasteiger partial charge in [-0.05, 0) is 42.0 Å². The molecule has 1 amide bonds. The molecule has 3 nitrogen and oxygen atoms in total. The van der Waals surface area contributed by atoms with Gasteiger partial charge in [0.1, 0.15) is 0 Å². The number of carbonyl (C=O) groups is 1. The number of rotatable bonds is 5. The summed E-state index contributed by atoms with van der Waals surface area (Å²) in [6, 6.07) is 16.4. The van der Waals surface area contributed by atoms with Crippen LogP contribution < -0.4 is 5.32 Å². The van der Waals surface area contributed by atoms with Crippen LogP contribution in [0.15, 0.2) is 54.0 Å². The van der Waals surface area contributed by atoms with E-state index in [4.69, 9.17) is 0 Å². The fraction of sp³-hybridized carbons (Fsp3) is 0.238. The molecule has 0 atom stereocenters. The number of amides is 1. The van der Waals surface area contributed by atoms with E-state index in [1.165, 1.54) is 16.0 Å². The van der Waals surface area contributed by atoms with E-state index in [1.807, 2.05) is 36.7 Å². The Kier molecular flexibility index (Phi) is 4.36. The minimum Gasteiger partial charge on any atom is -0.355 e. The zero-order chi connectivity index (χ0) is 17.2. The Balaban J connectivity index is 1.46. The SMILES string of the molecule is Cc1ncsc1CCCNC(=O)C1c2ccccc2-c2ccccc21. The van der Waals surface area contributed by atoms with Crippen LogP contribution in [0, 0.1) is 6.92 Å². The second-order valence-electron chi connectivity index (χ2n) is 6.36. The van der Waals surface area contributed by atoms with Crippen LogP contribution >= 0.6 is 11.3 Å². The molecule has 3 aromatic rings. The molecule has 0 saturated carbocycles. The molecule has 2 aromatic carbocycles. The molecule has 1 aromatic heterocycles. The van der Waals surface area contributed by atoms with Gasteiger partial charge in [-0.1, -0.05) is 48.5 Å². The van der Waals surface area contributed by atoms with Gasteiger partial charge in [0.25, 0.3) is 0 Å². The lowest BCUT2D eigenvalue weighted by atomic mass is 9.96. The van der Waals surface area contributed by atoms with Gasteiger partial charge in [0, 0.05) is 11.4 Å². The van der Waals surface area contributed by atoms with Gasteiger partial charge in [0.15, 0.2) is 0 Å². The molecule has 0 spiro atoms. The highest BCUT2D eigenvalue weighted by molar-refractivity contribution is 7.09. The first-order valence-electron chi connectivity index (χ1n) is 8.60. The van der Waals surface area contributed by atoms with Gasteiger partial charge in [-0.3, -0.25) is 4.79 Å². The predicted molar refractivity (Wildman–Crippen MR) is 102 cm³/mol. The van der Waals surface area contributed by atoms with Crippen molar-refractivity contribution in [2.24, 2.45) is 0 Å². The van der Waals surface area contributed by atoms with E-state index >= 15 is 0 Å². The second-order valence-corrected chi connectivity index (χ2v) is 7.30. The van der Waals surface area contributed by atoms with Crippen LogP contribution in [0.1, 0.15) is 34.0 Å². The normalized spacial score (nSPS) is 12.7. The van der Waals surface area contributed by atoms with Crippen LogP contribution in [0.25, 0.3) is 11.1 Å². The molecule has 0 aliphatic heterocycles. The molecule has 1 N–H and O–H groups in total. The van der Waals surface area contributed by atoms with Crippen molar-refractivity contribution in [2.75, 3.05) is 6.54 Å². The Morgan fingerprint density at radius 3 is 2.32 bits per heavy atom. The zero-order valence-electron chi connectivity index (χ0n) is 14.2. The Labute approximate surface area is 151 Å². The fourth-order valence-electron chi connectivity index (χ4n) is 3.57. The summed E-state index contributed by atoms with van der Waals surface area (Å²) < 4.78 is 0. The van der Waals surface area contributed by atoms with Crippen molar-refractivity contribution in [3.05, 3.63) is 75.7 Å². The lowest BCUT2D eigenvalue weighted by molar-refractivity contribution is -0.121. The number of hydrogen-bond donors (Lipinski definition) is 1. The maximum atomic E-state index is 12.9. The molecular weight excluding hydrogens is 328 g/mol. The number of aromatic nitrogens is 1. The van der Waals surface area contributed by atoms with Gasteiger partial charge in [0.2, 0.25) is 5.91 Å². The van der Waals surface area contributed by atoms with Gasteiger partial charge in [-0.15, -0.1) is 11.3 Å². The molecule has 0 bridgehead atoms. The number of aryl methyl sites for hydroxylation is 2. The lowest BCUT2D eigenvalue weighted by Crippen LogP contribution is -2.30. The smallest absolute Gasteiger partial charge is 0.232 e. The summed E-state index contributed by atoms with van der Waals surface area (Å²) in [6.07, 6.45) is 1.90. The van der Waals surface area contributed by atoms with Crippen LogP contribution in [0.3, 0.4) is 0 Å². The van der Waals surface area contributed by atoms with Crippen molar-refractivity contribution < 1.29 is 4.79 Å². The van der Waals surface area contributed by atoms with E-state index < -0.39 is 0 Å². The molecule has 1 aliphatic rings. The van der Waals surface area contributed by atoms with Crippen molar-refractivity contribution in [1.82, 2.24) is 10.3 Å². The highest BCUT2D eigenvalue weighted by Crippen LogP contribution is 2.44.